The van der Waals surface area contributed by atoms with Crippen LogP contribution in [-0.2, 0) is 17.8 Å². The number of aliphatic hydroxyl groups is 1. The highest BCUT2D eigenvalue weighted by Gasteiger charge is 2.28. The summed E-state index contributed by atoms with van der Waals surface area (Å²) in [4.78, 5) is 18.2. The zero-order valence-corrected chi connectivity index (χ0v) is 13.1. The van der Waals surface area contributed by atoms with Crippen molar-refractivity contribution >= 4 is 5.91 Å². The van der Waals surface area contributed by atoms with Gasteiger partial charge in [-0.05, 0) is 24.3 Å². The average molecular weight is 314 g/mol. The summed E-state index contributed by atoms with van der Waals surface area (Å²) >= 11 is 0. The zero-order chi connectivity index (χ0) is 16.1. The van der Waals surface area contributed by atoms with Gasteiger partial charge in [-0.3, -0.25) is 9.48 Å². The molecule has 0 aliphatic carbocycles. The van der Waals surface area contributed by atoms with Crippen LogP contribution < -0.4 is 0 Å². The van der Waals surface area contributed by atoms with Crippen molar-refractivity contribution in [3.63, 3.8) is 0 Å². The standard InChI is InChI=1S/C17H22N4O2/c22-16(9-14-5-2-1-3-6-14)17(23)20-8-4-7-15(10-20)11-21-13-18-12-19-21/h1-3,5-6,12-13,15-16,22H,4,7-11H2/t15-,16+/m1/s1. The number of rotatable bonds is 5. The summed E-state index contributed by atoms with van der Waals surface area (Å²) in [5, 5.41) is 14.4. The first-order valence-corrected chi connectivity index (χ1v) is 8.05. The van der Waals surface area contributed by atoms with E-state index in [9.17, 15) is 9.90 Å². The molecule has 122 valence electrons. The van der Waals surface area contributed by atoms with Crippen molar-refractivity contribution in [2.45, 2.75) is 31.9 Å². The molecule has 1 aromatic heterocycles. The summed E-state index contributed by atoms with van der Waals surface area (Å²) in [6.45, 7) is 2.15. The summed E-state index contributed by atoms with van der Waals surface area (Å²) in [6.07, 6.45) is 4.65. The number of amides is 1. The number of aromatic nitrogens is 3. The van der Waals surface area contributed by atoms with Crippen LogP contribution in [-0.4, -0.2) is 49.9 Å². The van der Waals surface area contributed by atoms with Gasteiger partial charge in [0.25, 0.3) is 5.91 Å². The monoisotopic (exact) mass is 314 g/mol. The zero-order valence-electron chi connectivity index (χ0n) is 13.1. The van der Waals surface area contributed by atoms with Gasteiger partial charge in [0.15, 0.2) is 0 Å². The Morgan fingerprint density at radius 1 is 1.35 bits per heavy atom. The number of likely N-dealkylation sites (tertiary alicyclic amines) is 1. The second-order valence-corrected chi connectivity index (χ2v) is 6.12. The van der Waals surface area contributed by atoms with Gasteiger partial charge >= 0.3 is 0 Å². The maximum Gasteiger partial charge on any atom is 0.251 e. The highest BCUT2D eigenvalue weighted by Crippen LogP contribution is 2.19. The fraction of sp³-hybridized carbons (Fsp3) is 0.471. The third kappa shape index (κ3) is 4.16. The average Bonchev–Trinajstić information content (AvgIpc) is 3.08. The van der Waals surface area contributed by atoms with E-state index in [1.165, 1.54) is 6.33 Å². The number of carbonyl (C=O) groups is 1. The van der Waals surface area contributed by atoms with Gasteiger partial charge in [0.2, 0.25) is 0 Å². The van der Waals surface area contributed by atoms with Crippen molar-refractivity contribution in [2.24, 2.45) is 5.92 Å². The van der Waals surface area contributed by atoms with Crippen molar-refractivity contribution in [1.29, 1.82) is 0 Å². The molecule has 1 N–H and O–H groups in total. The first-order valence-electron chi connectivity index (χ1n) is 8.05. The normalized spacial score (nSPS) is 19.5. The lowest BCUT2D eigenvalue weighted by Gasteiger charge is -2.34. The Labute approximate surface area is 135 Å². The molecule has 2 atom stereocenters. The van der Waals surface area contributed by atoms with Gasteiger partial charge in [-0.25, -0.2) is 4.98 Å². The van der Waals surface area contributed by atoms with E-state index in [4.69, 9.17) is 0 Å². The van der Waals surface area contributed by atoms with Gasteiger partial charge in [0.1, 0.15) is 18.8 Å². The number of hydrogen-bond acceptors (Lipinski definition) is 4. The number of nitrogens with zero attached hydrogens (tertiary/aromatic N) is 4. The highest BCUT2D eigenvalue weighted by molar-refractivity contribution is 5.81. The van der Waals surface area contributed by atoms with Crippen molar-refractivity contribution in [1.82, 2.24) is 19.7 Å². The predicted molar refractivity (Wildman–Crippen MR) is 85.5 cm³/mol. The molecule has 23 heavy (non-hydrogen) atoms. The summed E-state index contributed by atoms with van der Waals surface area (Å²) in [5.41, 5.74) is 0.976. The lowest BCUT2D eigenvalue weighted by molar-refractivity contribution is -0.142. The largest absolute Gasteiger partial charge is 0.383 e. The fourth-order valence-corrected chi connectivity index (χ4v) is 3.14. The first kappa shape index (κ1) is 15.7. The summed E-state index contributed by atoms with van der Waals surface area (Å²) in [6, 6.07) is 9.63. The second kappa shape index (κ2) is 7.37. The Balaban J connectivity index is 1.56. The van der Waals surface area contributed by atoms with Crippen molar-refractivity contribution in [3.05, 3.63) is 48.5 Å². The van der Waals surface area contributed by atoms with E-state index in [1.54, 1.807) is 15.9 Å². The smallest absolute Gasteiger partial charge is 0.251 e. The third-order valence-electron chi connectivity index (χ3n) is 4.30. The van der Waals surface area contributed by atoms with E-state index < -0.39 is 6.10 Å². The van der Waals surface area contributed by atoms with Crippen LogP contribution in [0.15, 0.2) is 43.0 Å². The van der Waals surface area contributed by atoms with Crippen LogP contribution in [0.3, 0.4) is 0 Å². The molecule has 0 radical (unpaired) electrons. The van der Waals surface area contributed by atoms with Gasteiger partial charge in [0, 0.05) is 26.1 Å². The van der Waals surface area contributed by atoms with Crippen molar-refractivity contribution < 1.29 is 9.90 Å². The van der Waals surface area contributed by atoms with Gasteiger partial charge in [-0.1, -0.05) is 30.3 Å². The topological polar surface area (TPSA) is 71.2 Å². The van der Waals surface area contributed by atoms with Crippen LogP contribution in [0, 0.1) is 5.92 Å². The molecule has 0 bridgehead atoms. The molecule has 3 rings (SSSR count). The summed E-state index contributed by atoms with van der Waals surface area (Å²) in [7, 11) is 0. The minimum Gasteiger partial charge on any atom is -0.383 e. The molecule has 1 amide bonds. The highest BCUT2D eigenvalue weighted by atomic mass is 16.3. The van der Waals surface area contributed by atoms with E-state index >= 15 is 0 Å². The van der Waals surface area contributed by atoms with Crippen molar-refractivity contribution in [2.75, 3.05) is 13.1 Å². The van der Waals surface area contributed by atoms with Crippen LogP contribution in [0.4, 0.5) is 0 Å². The number of hydrogen-bond donors (Lipinski definition) is 1. The Morgan fingerprint density at radius 3 is 2.91 bits per heavy atom. The Bertz CT molecular complexity index is 615. The Morgan fingerprint density at radius 2 is 2.17 bits per heavy atom. The van der Waals surface area contributed by atoms with Gasteiger partial charge in [0.05, 0.1) is 0 Å². The minimum absolute atomic E-state index is 0.169. The maximum absolute atomic E-state index is 12.5. The quantitative estimate of drug-likeness (QED) is 0.898. The van der Waals surface area contributed by atoms with Crippen LogP contribution in [0.5, 0.6) is 0 Å². The summed E-state index contributed by atoms with van der Waals surface area (Å²) in [5.74, 6) is 0.190. The van der Waals surface area contributed by atoms with E-state index in [1.807, 2.05) is 30.3 Å². The molecule has 6 heteroatoms. The Kier molecular flexibility index (Phi) is 5.02. The van der Waals surface area contributed by atoms with E-state index in [0.717, 1.165) is 31.5 Å². The lowest BCUT2D eigenvalue weighted by Crippen LogP contribution is -2.46. The number of piperidine rings is 1. The molecule has 0 spiro atoms. The molecule has 1 saturated heterocycles. The molecule has 1 aliphatic rings. The number of aliphatic hydroxyl groups excluding tert-OH is 1. The SMILES string of the molecule is O=C([C@@H](O)Cc1ccccc1)N1CCC[C@@H](Cn2cncn2)C1. The van der Waals surface area contributed by atoms with Crippen LogP contribution in [0.1, 0.15) is 18.4 Å². The molecule has 2 heterocycles. The first-order chi connectivity index (χ1) is 11.2. The molecule has 1 fully saturated rings. The molecule has 1 aromatic carbocycles. The molecular formula is C17H22N4O2. The molecular weight excluding hydrogens is 292 g/mol. The van der Waals surface area contributed by atoms with Crippen molar-refractivity contribution in [3.8, 4) is 0 Å². The van der Waals surface area contributed by atoms with Gasteiger partial charge in [-0.15, -0.1) is 0 Å². The molecule has 0 unspecified atom stereocenters. The molecule has 2 aromatic rings. The summed E-state index contributed by atoms with van der Waals surface area (Å²) < 4.78 is 1.80. The van der Waals surface area contributed by atoms with Crippen LogP contribution in [0.2, 0.25) is 0 Å². The maximum atomic E-state index is 12.5. The minimum atomic E-state index is -0.970. The predicted octanol–water partition coefficient (Wildman–Crippen LogP) is 1.12. The molecule has 6 nitrogen and oxygen atoms in total. The van der Waals surface area contributed by atoms with Gasteiger partial charge < -0.3 is 10.0 Å². The molecule has 0 saturated carbocycles. The Hall–Kier alpha value is -2.21. The third-order valence-corrected chi connectivity index (χ3v) is 4.30. The van der Waals surface area contributed by atoms with E-state index in [2.05, 4.69) is 10.1 Å². The number of carbonyl (C=O) groups excluding carboxylic acids is 1. The van der Waals surface area contributed by atoms with Gasteiger partial charge in [-0.2, -0.15) is 5.10 Å². The lowest BCUT2D eigenvalue weighted by atomic mass is 9.97. The van der Waals surface area contributed by atoms with Crippen LogP contribution >= 0.6 is 0 Å². The van der Waals surface area contributed by atoms with Crippen LogP contribution in [0.25, 0.3) is 0 Å². The van der Waals surface area contributed by atoms with E-state index in [0.29, 0.717) is 18.9 Å². The molecule has 1 aliphatic heterocycles. The number of benzene rings is 1. The second-order valence-electron chi connectivity index (χ2n) is 6.12. The fourth-order valence-electron chi connectivity index (χ4n) is 3.14. The van der Waals surface area contributed by atoms with E-state index in [-0.39, 0.29) is 5.91 Å².